The van der Waals surface area contributed by atoms with E-state index in [1.54, 1.807) is 6.92 Å². The van der Waals surface area contributed by atoms with Crippen molar-refractivity contribution in [1.29, 1.82) is 0 Å². The fraction of sp³-hybridized carbons (Fsp3) is 0.176. The number of nitrogens with zero attached hydrogens (tertiary/aromatic N) is 1. The molecule has 0 fully saturated rings. The van der Waals surface area contributed by atoms with Crippen LogP contribution < -0.4 is 5.32 Å². The van der Waals surface area contributed by atoms with Gasteiger partial charge >= 0.3 is 5.97 Å². The zero-order valence-corrected chi connectivity index (χ0v) is 15.1. The van der Waals surface area contributed by atoms with Crippen LogP contribution in [-0.4, -0.2) is 23.9 Å². The molecule has 0 aromatic heterocycles. The molecule has 0 saturated heterocycles. The molecule has 0 unspecified atom stereocenters. The number of hydrogen-bond donors (Lipinski definition) is 1. The summed E-state index contributed by atoms with van der Waals surface area (Å²) in [5.41, 5.74) is 0.444. The molecule has 2 aromatic carbocycles. The van der Waals surface area contributed by atoms with Crippen LogP contribution in [0.15, 0.2) is 46.9 Å². The van der Waals surface area contributed by atoms with Crippen LogP contribution >= 0.6 is 15.9 Å². The van der Waals surface area contributed by atoms with Crippen molar-refractivity contribution in [2.45, 2.75) is 13.0 Å². The van der Waals surface area contributed by atoms with E-state index in [4.69, 9.17) is 0 Å². The third-order valence-corrected chi connectivity index (χ3v) is 4.25. The van der Waals surface area contributed by atoms with E-state index < -0.39 is 16.8 Å². The summed E-state index contributed by atoms with van der Waals surface area (Å²) in [4.78, 5) is 34.5. The third kappa shape index (κ3) is 4.42. The fourth-order valence-corrected chi connectivity index (χ4v) is 2.90. The lowest BCUT2D eigenvalue weighted by molar-refractivity contribution is -0.384. The quantitative estimate of drug-likeness (QED) is 0.464. The minimum Gasteiger partial charge on any atom is -0.465 e. The number of nitro benzene ring substituents is 1. The number of methoxy groups -OCH3 is 1. The number of rotatable bonds is 5. The Morgan fingerprint density at radius 3 is 2.44 bits per heavy atom. The summed E-state index contributed by atoms with van der Waals surface area (Å²) < 4.78 is 5.40. The molecule has 2 rings (SSSR count). The average Bonchev–Trinajstić information content (AvgIpc) is 2.60. The van der Waals surface area contributed by atoms with Crippen LogP contribution in [0.2, 0.25) is 0 Å². The molecule has 130 valence electrons. The summed E-state index contributed by atoms with van der Waals surface area (Å²) in [5.74, 6) is -1.28. The Kier molecular flexibility index (Phi) is 5.87. The molecule has 7 nitrogen and oxygen atoms in total. The zero-order valence-electron chi connectivity index (χ0n) is 13.5. The number of carbonyl (C=O) groups is 2. The van der Waals surface area contributed by atoms with E-state index in [1.807, 2.05) is 24.3 Å². The van der Waals surface area contributed by atoms with Gasteiger partial charge in [-0.3, -0.25) is 14.9 Å². The highest BCUT2D eigenvalue weighted by Crippen LogP contribution is 2.24. The largest absolute Gasteiger partial charge is 0.465 e. The minimum absolute atomic E-state index is 0.00787. The molecule has 0 aliphatic heterocycles. The molecule has 1 atom stereocenters. The predicted molar refractivity (Wildman–Crippen MR) is 94.5 cm³/mol. The van der Waals surface area contributed by atoms with E-state index >= 15 is 0 Å². The van der Waals surface area contributed by atoms with E-state index in [1.165, 1.54) is 6.07 Å². The van der Waals surface area contributed by atoms with Crippen LogP contribution in [0, 0.1) is 10.1 Å². The molecule has 0 aliphatic carbocycles. The number of benzene rings is 2. The van der Waals surface area contributed by atoms with Gasteiger partial charge in [-0.05, 0) is 24.6 Å². The van der Waals surface area contributed by atoms with E-state index in [9.17, 15) is 19.7 Å². The Hall–Kier alpha value is -2.74. The minimum atomic E-state index is -0.753. The Morgan fingerprint density at radius 2 is 1.84 bits per heavy atom. The SMILES string of the molecule is COC(=O)c1cc(C(=O)N[C@@H](C)c2ccccc2Br)cc([N+](=O)[O-])c1. The lowest BCUT2D eigenvalue weighted by Gasteiger charge is -2.16. The number of nitrogens with one attached hydrogen (secondary N) is 1. The molecule has 0 spiro atoms. The van der Waals surface area contributed by atoms with Crippen LogP contribution in [0.25, 0.3) is 0 Å². The van der Waals surface area contributed by atoms with Gasteiger partial charge in [-0.2, -0.15) is 0 Å². The van der Waals surface area contributed by atoms with E-state index in [-0.39, 0.29) is 22.9 Å². The number of carbonyl (C=O) groups excluding carboxylic acids is 2. The first-order valence-corrected chi connectivity index (χ1v) is 8.06. The number of hydrogen-bond acceptors (Lipinski definition) is 5. The molecule has 25 heavy (non-hydrogen) atoms. The highest BCUT2D eigenvalue weighted by atomic mass is 79.9. The zero-order chi connectivity index (χ0) is 18.6. The van der Waals surface area contributed by atoms with Crippen molar-refractivity contribution in [3.63, 3.8) is 0 Å². The van der Waals surface area contributed by atoms with Crippen molar-refractivity contribution in [3.8, 4) is 0 Å². The van der Waals surface area contributed by atoms with Gasteiger partial charge in [0.15, 0.2) is 0 Å². The van der Waals surface area contributed by atoms with Crippen molar-refractivity contribution in [3.05, 3.63) is 73.7 Å². The van der Waals surface area contributed by atoms with Crippen molar-refractivity contribution in [2.24, 2.45) is 0 Å². The van der Waals surface area contributed by atoms with Crippen LogP contribution in [0.5, 0.6) is 0 Å². The maximum atomic E-state index is 12.5. The van der Waals surface area contributed by atoms with E-state index in [0.717, 1.165) is 29.3 Å². The summed E-state index contributed by atoms with van der Waals surface area (Å²) in [6.07, 6.45) is 0. The Balaban J connectivity index is 2.32. The molecule has 8 heteroatoms. The fourth-order valence-electron chi connectivity index (χ4n) is 2.27. The summed E-state index contributed by atoms with van der Waals surface area (Å²) >= 11 is 3.41. The molecule has 0 saturated carbocycles. The van der Waals surface area contributed by atoms with Gasteiger partial charge in [0.1, 0.15) is 0 Å². The normalized spacial score (nSPS) is 11.5. The summed E-state index contributed by atoms with van der Waals surface area (Å²) in [6.45, 7) is 1.79. The Bertz CT molecular complexity index is 838. The van der Waals surface area contributed by atoms with Gasteiger partial charge < -0.3 is 10.1 Å². The van der Waals surface area contributed by atoms with Crippen LogP contribution in [0.3, 0.4) is 0 Å². The molecule has 0 heterocycles. The maximum Gasteiger partial charge on any atom is 0.338 e. The van der Waals surface area contributed by atoms with Gasteiger partial charge in [-0.15, -0.1) is 0 Å². The molecular weight excluding hydrogens is 392 g/mol. The Morgan fingerprint density at radius 1 is 1.20 bits per heavy atom. The first kappa shape index (κ1) is 18.6. The number of ether oxygens (including phenoxy) is 1. The van der Waals surface area contributed by atoms with Crippen molar-refractivity contribution in [1.82, 2.24) is 5.32 Å². The second-order valence-corrected chi connectivity index (χ2v) is 6.09. The highest BCUT2D eigenvalue weighted by Gasteiger charge is 2.20. The van der Waals surface area contributed by atoms with Gasteiger partial charge in [0, 0.05) is 22.2 Å². The first-order chi connectivity index (χ1) is 11.8. The molecule has 1 N–H and O–H groups in total. The molecule has 0 aliphatic rings. The van der Waals surface area contributed by atoms with Gasteiger partial charge in [-0.25, -0.2) is 4.79 Å². The molecular formula is C17H15BrN2O5. The van der Waals surface area contributed by atoms with Crippen LogP contribution in [-0.2, 0) is 4.74 Å². The smallest absolute Gasteiger partial charge is 0.338 e. The monoisotopic (exact) mass is 406 g/mol. The number of halogens is 1. The molecule has 0 radical (unpaired) electrons. The summed E-state index contributed by atoms with van der Waals surface area (Å²) in [7, 11) is 1.16. The number of nitro groups is 1. The van der Waals surface area contributed by atoms with E-state index in [2.05, 4.69) is 26.0 Å². The second-order valence-electron chi connectivity index (χ2n) is 5.23. The topological polar surface area (TPSA) is 98.5 Å². The Labute approximate surface area is 152 Å². The number of esters is 1. The standard InChI is InChI=1S/C17H15BrN2O5/c1-10(14-5-3-4-6-15(14)18)19-16(21)11-7-12(17(22)25-2)9-13(8-11)20(23)24/h3-10H,1-2H3,(H,19,21)/t10-/m0/s1. The molecule has 1 amide bonds. The lowest BCUT2D eigenvalue weighted by atomic mass is 10.1. The third-order valence-electron chi connectivity index (χ3n) is 3.53. The molecule has 2 aromatic rings. The van der Waals surface area contributed by atoms with Gasteiger partial charge in [0.2, 0.25) is 0 Å². The van der Waals surface area contributed by atoms with Gasteiger partial charge in [0.05, 0.1) is 23.6 Å². The average molecular weight is 407 g/mol. The lowest BCUT2D eigenvalue weighted by Crippen LogP contribution is -2.27. The highest BCUT2D eigenvalue weighted by molar-refractivity contribution is 9.10. The number of non-ortho nitro benzene ring substituents is 1. The van der Waals surface area contributed by atoms with E-state index in [0.29, 0.717) is 0 Å². The first-order valence-electron chi connectivity index (χ1n) is 7.26. The maximum absolute atomic E-state index is 12.5. The summed E-state index contributed by atoms with van der Waals surface area (Å²) in [5, 5.41) is 13.8. The number of amides is 1. The summed E-state index contributed by atoms with van der Waals surface area (Å²) in [6, 6.07) is 10.5. The predicted octanol–water partition coefficient (Wildman–Crippen LogP) is 3.63. The van der Waals surface area contributed by atoms with Gasteiger partial charge in [0.25, 0.3) is 11.6 Å². The van der Waals surface area contributed by atoms with Crippen molar-refractivity contribution in [2.75, 3.05) is 7.11 Å². The van der Waals surface area contributed by atoms with Crippen LogP contribution in [0.1, 0.15) is 39.2 Å². The second kappa shape index (κ2) is 7.89. The van der Waals surface area contributed by atoms with Crippen LogP contribution in [0.4, 0.5) is 5.69 Å². The van der Waals surface area contributed by atoms with Crippen molar-refractivity contribution >= 4 is 33.5 Å². The molecule has 0 bridgehead atoms. The van der Waals surface area contributed by atoms with Gasteiger partial charge in [-0.1, -0.05) is 34.1 Å². The van der Waals surface area contributed by atoms with Crippen molar-refractivity contribution < 1.29 is 19.2 Å².